The van der Waals surface area contributed by atoms with Gasteiger partial charge in [-0.2, -0.15) is 5.10 Å². The fraction of sp³-hybridized carbons (Fsp3) is 0.231. The molecule has 0 unspecified atom stereocenters. The number of para-hydroxylation sites is 1. The Kier molecular flexibility index (Phi) is 6.40. The number of nitrogens with zero attached hydrogens (tertiary/aromatic N) is 4. The molecule has 2 heterocycles. The Hall–Kier alpha value is -3.80. The maximum atomic E-state index is 13.3. The van der Waals surface area contributed by atoms with Crippen molar-refractivity contribution in [2.24, 2.45) is 0 Å². The van der Waals surface area contributed by atoms with Crippen LogP contribution in [0.25, 0.3) is 10.8 Å². The SMILES string of the molecule is CCc1ccccc1N(CC)C(=O)Cn1nc(Cc2ccncc2)c2ccccc2c1=O. The second-order valence-corrected chi connectivity index (χ2v) is 7.61. The predicted octanol–water partition coefficient (Wildman–Crippen LogP) is 4.00. The van der Waals surface area contributed by atoms with Gasteiger partial charge < -0.3 is 4.90 Å². The largest absolute Gasteiger partial charge is 0.311 e. The third-order valence-electron chi connectivity index (χ3n) is 5.63. The molecule has 0 radical (unpaired) electrons. The lowest BCUT2D eigenvalue weighted by atomic mass is 10.1. The van der Waals surface area contributed by atoms with Crippen molar-refractivity contribution < 1.29 is 4.79 Å². The summed E-state index contributed by atoms with van der Waals surface area (Å²) >= 11 is 0. The number of anilines is 1. The Labute approximate surface area is 187 Å². The fourth-order valence-electron chi connectivity index (χ4n) is 4.00. The summed E-state index contributed by atoms with van der Waals surface area (Å²) in [6.07, 6.45) is 4.85. The summed E-state index contributed by atoms with van der Waals surface area (Å²) in [7, 11) is 0. The Morgan fingerprint density at radius 1 is 0.938 bits per heavy atom. The zero-order valence-electron chi connectivity index (χ0n) is 18.4. The van der Waals surface area contributed by atoms with E-state index < -0.39 is 0 Å². The molecule has 0 saturated heterocycles. The van der Waals surface area contributed by atoms with E-state index in [4.69, 9.17) is 0 Å². The van der Waals surface area contributed by atoms with Crippen LogP contribution in [0.3, 0.4) is 0 Å². The summed E-state index contributed by atoms with van der Waals surface area (Å²) in [5.74, 6) is -0.159. The van der Waals surface area contributed by atoms with Crippen LogP contribution in [0.2, 0.25) is 0 Å². The molecule has 1 amide bonds. The fourth-order valence-corrected chi connectivity index (χ4v) is 4.00. The molecule has 0 fully saturated rings. The standard InChI is InChI=1S/C26H26N4O2/c1-3-20-9-5-8-12-24(20)29(4-2)25(31)18-30-26(32)22-11-7-6-10-21(22)23(28-30)17-19-13-15-27-16-14-19/h5-16H,3-4,17-18H2,1-2H3. The van der Waals surface area contributed by atoms with Crippen LogP contribution in [0.15, 0.2) is 77.9 Å². The number of carbonyl (C=O) groups excluding carboxylic acids is 1. The predicted molar refractivity (Wildman–Crippen MR) is 127 cm³/mol. The first-order chi connectivity index (χ1) is 15.6. The van der Waals surface area contributed by atoms with E-state index in [0.29, 0.717) is 18.4 Å². The van der Waals surface area contributed by atoms with Crippen LogP contribution in [0.1, 0.15) is 30.7 Å². The number of carbonyl (C=O) groups is 1. The summed E-state index contributed by atoms with van der Waals surface area (Å²) < 4.78 is 1.30. The number of rotatable bonds is 7. The minimum Gasteiger partial charge on any atom is -0.311 e. The first-order valence-corrected chi connectivity index (χ1v) is 10.9. The number of hydrogen-bond donors (Lipinski definition) is 0. The third-order valence-corrected chi connectivity index (χ3v) is 5.63. The highest BCUT2D eigenvalue weighted by Gasteiger charge is 2.19. The quantitative estimate of drug-likeness (QED) is 0.448. The van der Waals surface area contributed by atoms with Crippen molar-refractivity contribution >= 4 is 22.4 Å². The molecule has 0 aliphatic heterocycles. The molecule has 0 aliphatic carbocycles. The number of pyridine rings is 1. The number of likely N-dealkylation sites (N-methyl/N-ethyl adjacent to an activating group) is 1. The molecule has 6 heteroatoms. The summed E-state index contributed by atoms with van der Waals surface area (Å²) in [4.78, 5) is 32.2. The Morgan fingerprint density at radius 2 is 1.62 bits per heavy atom. The number of hydrogen-bond acceptors (Lipinski definition) is 4. The van der Waals surface area contributed by atoms with Gasteiger partial charge in [0.15, 0.2) is 0 Å². The van der Waals surface area contributed by atoms with Gasteiger partial charge in [0, 0.05) is 36.4 Å². The maximum Gasteiger partial charge on any atom is 0.275 e. The molecule has 0 saturated carbocycles. The van der Waals surface area contributed by atoms with Crippen LogP contribution in [-0.4, -0.2) is 27.2 Å². The van der Waals surface area contributed by atoms with Crippen LogP contribution >= 0.6 is 0 Å². The maximum absolute atomic E-state index is 13.3. The van der Waals surface area contributed by atoms with Crippen LogP contribution in [0.5, 0.6) is 0 Å². The van der Waals surface area contributed by atoms with Crippen molar-refractivity contribution in [2.75, 3.05) is 11.4 Å². The Bertz CT molecular complexity index is 1300. The summed E-state index contributed by atoms with van der Waals surface area (Å²) in [6.45, 7) is 4.41. The minimum absolute atomic E-state index is 0.112. The number of fused-ring (bicyclic) bond motifs is 1. The zero-order chi connectivity index (χ0) is 22.5. The average Bonchev–Trinajstić information content (AvgIpc) is 2.83. The summed E-state index contributed by atoms with van der Waals surface area (Å²) in [5, 5.41) is 6.00. The van der Waals surface area contributed by atoms with Crippen LogP contribution in [0, 0.1) is 0 Å². The lowest BCUT2D eigenvalue weighted by Crippen LogP contribution is -2.38. The molecule has 32 heavy (non-hydrogen) atoms. The third kappa shape index (κ3) is 4.30. The molecule has 4 aromatic rings. The van der Waals surface area contributed by atoms with Gasteiger partial charge in [-0.1, -0.05) is 43.3 Å². The van der Waals surface area contributed by atoms with Crippen molar-refractivity contribution in [1.29, 1.82) is 0 Å². The molecule has 6 nitrogen and oxygen atoms in total. The minimum atomic E-state index is -0.257. The molecule has 4 rings (SSSR count). The smallest absolute Gasteiger partial charge is 0.275 e. The second-order valence-electron chi connectivity index (χ2n) is 7.61. The molecule has 0 N–H and O–H groups in total. The van der Waals surface area contributed by atoms with Crippen LogP contribution in [-0.2, 0) is 24.2 Å². The molecule has 0 atom stereocenters. The molecule has 0 bridgehead atoms. The highest BCUT2D eigenvalue weighted by Crippen LogP contribution is 2.22. The molecule has 162 valence electrons. The topological polar surface area (TPSA) is 68.1 Å². The van der Waals surface area contributed by atoms with E-state index in [9.17, 15) is 9.59 Å². The van der Waals surface area contributed by atoms with Crippen LogP contribution < -0.4 is 10.5 Å². The van der Waals surface area contributed by atoms with Gasteiger partial charge in [0.2, 0.25) is 5.91 Å². The second kappa shape index (κ2) is 9.56. The van der Waals surface area contributed by atoms with Crippen molar-refractivity contribution in [3.8, 4) is 0 Å². The first-order valence-electron chi connectivity index (χ1n) is 10.9. The van der Waals surface area contributed by atoms with Crippen molar-refractivity contribution in [3.05, 3.63) is 100 Å². The zero-order valence-corrected chi connectivity index (χ0v) is 18.4. The van der Waals surface area contributed by atoms with Gasteiger partial charge in [-0.05, 0) is 48.7 Å². The molecule has 2 aromatic heterocycles. The molecule has 0 aliphatic rings. The van der Waals surface area contributed by atoms with Gasteiger partial charge in [0.25, 0.3) is 5.56 Å². The number of amides is 1. The van der Waals surface area contributed by atoms with E-state index in [1.165, 1.54) is 4.68 Å². The van der Waals surface area contributed by atoms with Crippen molar-refractivity contribution in [2.45, 2.75) is 33.2 Å². The molecule has 2 aromatic carbocycles. The summed E-state index contributed by atoms with van der Waals surface area (Å²) in [6, 6.07) is 19.2. The van der Waals surface area contributed by atoms with Gasteiger partial charge in [0.1, 0.15) is 6.54 Å². The monoisotopic (exact) mass is 426 g/mol. The van der Waals surface area contributed by atoms with Crippen molar-refractivity contribution in [1.82, 2.24) is 14.8 Å². The van der Waals surface area contributed by atoms with Gasteiger partial charge in [-0.15, -0.1) is 0 Å². The highest BCUT2D eigenvalue weighted by molar-refractivity contribution is 5.94. The Balaban J connectivity index is 1.73. The highest BCUT2D eigenvalue weighted by atomic mass is 16.2. The number of benzene rings is 2. The van der Waals surface area contributed by atoms with E-state index in [2.05, 4.69) is 17.0 Å². The normalized spacial score (nSPS) is 10.9. The van der Waals surface area contributed by atoms with Gasteiger partial charge >= 0.3 is 0 Å². The Morgan fingerprint density at radius 3 is 2.34 bits per heavy atom. The number of aromatic nitrogens is 3. The first kappa shape index (κ1) is 21.4. The molecule has 0 spiro atoms. The average molecular weight is 427 g/mol. The molecular weight excluding hydrogens is 400 g/mol. The van der Waals surface area contributed by atoms with E-state index in [0.717, 1.165) is 34.3 Å². The van der Waals surface area contributed by atoms with Gasteiger partial charge in [-0.3, -0.25) is 14.6 Å². The molecular formula is C26H26N4O2. The van der Waals surface area contributed by atoms with E-state index >= 15 is 0 Å². The number of aryl methyl sites for hydroxylation is 1. The summed E-state index contributed by atoms with van der Waals surface area (Å²) in [5.41, 5.74) is 3.53. The van der Waals surface area contributed by atoms with E-state index in [1.54, 1.807) is 23.4 Å². The van der Waals surface area contributed by atoms with E-state index in [-0.39, 0.29) is 18.0 Å². The van der Waals surface area contributed by atoms with Gasteiger partial charge in [-0.25, -0.2) is 4.68 Å². The lowest BCUT2D eigenvalue weighted by Gasteiger charge is -2.24. The lowest BCUT2D eigenvalue weighted by molar-refractivity contribution is -0.119. The van der Waals surface area contributed by atoms with E-state index in [1.807, 2.05) is 61.5 Å². The van der Waals surface area contributed by atoms with Gasteiger partial charge in [0.05, 0.1) is 11.1 Å². The van der Waals surface area contributed by atoms with Crippen molar-refractivity contribution in [3.63, 3.8) is 0 Å². The van der Waals surface area contributed by atoms with Crippen LogP contribution in [0.4, 0.5) is 5.69 Å².